The second kappa shape index (κ2) is 5.46. The zero-order chi connectivity index (χ0) is 11.4. The Morgan fingerprint density at radius 2 is 2.56 bits per heavy atom. The zero-order valence-corrected chi connectivity index (χ0v) is 10.3. The molecule has 3 nitrogen and oxygen atoms in total. The SMILES string of the molecule is C[C@@H]1CN(C(=O)CCc2cccs2)CCO1. The first kappa shape index (κ1) is 11.6. The first-order chi connectivity index (χ1) is 7.75. The normalized spacial score (nSPS) is 21.1. The van der Waals surface area contributed by atoms with E-state index in [-0.39, 0.29) is 12.0 Å². The molecule has 0 radical (unpaired) electrons. The Balaban J connectivity index is 1.79. The highest BCUT2D eigenvalue weighted by Gasteiger charge is 2.20. The molecule has 0 saturated carbocycles. The molecule has 0 spiro atoms. The fourth-order valence-corrected chi connectivity index (χ4v) is 2.60. The van der Waals surface area contributed by atoms with Crippen LogP contribution in [0.3, 0.4) is 0 Å². The monoisotopic (exact) mass is 239 g/mol. The molecule has 1 aromatic rings. The van der Waals surface area contributed by atoms with Gasteiger partial charge in [-0.05, 0) is 24.8 Å². The Hall–Kier alpha value is -0.870. The number of carbonyl (C=O) groups excluding carboxylic acids is 1. The Kier molecular flexibility index (Phi) is 3.96. The molecule has 4 heteroatoms. The third kappa shape index (κ3) is 3.06. The zero-order valence-electron chi connectivity index (χ0n) is 9.52. The van der Waals surface area contributed by atoms with Gasteiger partial charge in [0.05, 0.1) is 12.7 Å². The van der Waals surface area contributed by atoms with Gasteiger partial charge in [0.1, 0.15) is 0 Å². The van der Waals surface area contributed by atoms with Gasteiger partial charge < -0.3 is 9.64 Å². The van der Waals surface area contributed by atoms with Crippen LogP contribution >= 0.6 is 11.3 Å². The van der Waals surface area contributed by atoms with Gasteiger partial charge in [-0.15, -0.1) is 11.3 Å². The predicted octanol–water partition coefficient (Wildman–Crippen LogP) is 1.93. The van der Waals surface area contributed by atoms with Gasteiger partial charge >= 0.3 is 0 Å². The summed E-state index contributed by atoms with van der Waals surface area (Å²) < 4.78 is 5.42. The summed E-state index contributed by atoms with van der Waals surface area (Å²) in [4.78, 5) is 15.1. The number of hydrogen-bond acceptors (Lipinski definition) is 3. The van der Waals surface area contributed by atoms with Gasteiger partial charge in [0.25, 0.3) is 0 Å². The second-order valence-electron chi connectivity index (χ2n) is 4.10. The van der Waals surface area contributed by atoms with Crippen LogP contribution in [0.1, 0.15) is 18.2 Å². The summed E-state index contributed by atoms with van der Waals surface area (Å²) in [6.45, 7) is 4.17. The number of carbonyl (C=O) groups is 1. The number of ether oxygens (including phenoxy) is 1. The molecule has 1 aromatic heterocycles. The van der Waals surface area contributed by atoms with Gasteiger partial charge in [-0.1, -0.05) is 6.07 Å². The standard InChI is InChI=1S/C12H17NO2S/c1-10-9-13(6-7-15-10)12(14)5-4-11-3-2-8-16-11/h2-3,8,10H,4-7,9H2,1H3/t10-/m1/s1. The van der Waals surface area contributed by atoms with Gasteiger partial charge in [-0.25, -0.2) is 0 Å². The first-order valence-electron chi connectivity index (χ1n) is 5.67. The van der Waals surface area contributed by atoms with Crippen molar-refractivity contribution in [3.63, 3.8) is 0 Å². The van der Waals surface area contributed by atoms with E-state index >= 15 is 0 Å². The quantitative estimate of drug-likeness (QED) is 0.806. The van der Waals surface area contributed by atoms with E-state index in [0.29, 0.717) is 13.0 Å². The van der Waals surface area contributed by atoms with Gasteiger partial charge in [-0.3, -0.25) is 4.79 Å². The van der Waals surface area contributed by atoms with Crippen LogP contribution in [-0.2, 0) is 16.0 Å². The highest BCUT2D eigenvalue weighted by Crippen LogP contribution is 2.13. The lowest BCUT2D eigenvalue weighted by atomic mass is 10.2. The number of aryl methyl sites for hydroxylation is 1. The summed E-state index contributed by atoms with van der Waals surface area (Å²) in [5.41, 5.74) is 0. The van der Waals surface area contributed by atoms with E-state index in [0.717, 1.165) is 19.5 Å². The molecule has 2 heterocycles. The second-order valence-corrected chi connectivity index (χ2v) is 5.13. The highest BCUT2D eigenvalue weighted by atomic mass is 32.1. The number of rotatable bonds is 3. The van der Waals surface area contributed by atoms with Crippen LogP contribution in [0.4, 0.5) is 0 Å². The summed E-state index contributed by atoms with van der Waals surface area (Å²) in [5, 5.41) is 2.05. The lowest BCUT2D eigenvalue weighted by Gasteiger charge is -2.31. The van der Waals surface area contributed by atoms with Gasteiger partial charge in [0, 0.05) is 24.4 Å². The van der Waals surface area contributed by atoms with Crippen molar-refractivity contribution in [3.8, 4) is 0 Å². The topological polar surface area (TPSA) is 29.5 Å². The van der Waals surface area contributed by atoms with Crippen molar-refractivity contribution in [3.05, 3.63) is 22.4 Å². The van der Waals surface area contributed by atoms with Crippen molar-refractivity contribution in [2.45, 2.75) is 25.9 Å². The predicted molar refractivity (Wildman–Crippen MR) is 64.6 cm³/mol. The maximum atomic E-state index is 11.9. The maximum absolute atomic E-state index is 11.9. The van der Waals surface area contributed by atoms with Crippen molar-refractivity contribution in [2.24, 2.45) is 0 Å². The maximum Gasteiger partial charge on any atom is 0.223 e. The number of hydrogen-bond donors (Lipinski definition) is 0. The van der Waals surface area contributed by atoms with E-state index in [2.05, 4.69) is 11.4 Å². The van der Waals surface area contributed by atoms with Crippen LogP contribution < -0.4 is 0 Å². The third-order valence-corrected chi connectivity index (χ3v) is 3.70. The van der Waals surface area contributed by atoms with Crippen LogP contribution in [-0.4, -0.2) is 36.6 Å². The average Bonchev–Trinajstić information content (AvgIpc) is 2.78. The molecule has 0 aromatic carbocycles. The van der Waals surface area contributed by atoms with E-state index in [1.807, 2.05) is 17.9 Å². The largest absolute Gasteiger partial charge is 0.375 e. The lowest BCUT2D eigenvalue weighted by molar-refractivity contribution is -0.138. The van der Waals surface area contributed by atoms with E-state index in [1.165, 1.54) is 4.88 Å². The minimum Gasteiger partial charge on any atom is -0.375 e. The van der Waals surface area contributed by atoms with Crippen LogP contribution in [0, 0.1) is 0 Å². The molecule has 0 bridgehead atoms. The minimum atomic E-state index is 0.180. The van der Waals surface area contributed by atoms with E-state index in [1.54, 1.807) is 11.3 Å². The highest BCUT2D eigenvalue weighted by molar-refractivity contribution is 7.09. The molecule has 1 aliphatic heterocycles. The molecular formula is C12H17NO2S. The van der Waals surface area contributed by atoms with Crippen molar-refractivity contribution < 1.29 is 9.53 Å². The lowest BCUT2D eigenvalue weighted by Crippen LogP contribution is -2.44. The number of amides is 1. The number of thiophene rings is 1. The molecule has 16 heavy (non-hydrogen) atoms. The van der Waals surface area contributed by atoms with Crippen LogP contribution in [0.25, 0.3) is 0 Å². The summed E-state index contributed by atoms with van der Waals surface area (Å²) in [7, 11) is 0. The summed E-state index contributed by atoms with van der Waals surface area (Å²) in [6, 6.07) is 4.11. The molecule has 1 amide bonds. The Morgan fingerprint density at radius 1 is 1.69 bits per heavy atom. The van der Waals surface area contributed by atoms with Crippen molar-refractivity contribution in [1.29, 1.82) is 0 Å². The number of morpholine rings is 1. The molecule has 0 unspecified atom stereocenters. The van der Waals surface area contributed by atoms with Gasteiger partial charge in [0.15, 0.2) is 0 Å². The third-order valence-electron chi connectivity index (χ3n) is 2.76. The summed E-state index contributed by atoms with van der Waals surface area (Å²) in [6.07, 6.45) is 1.66. The molecule has 88 valence electrons. The summed E-state index contributed by atoms with van der Waals surface area (Å²) >= 11 is 1.72. The molecule has 1 saturated heterocycles. The molecule has 2 rings (SSSR count). The number of nitrogens with zero attached hydrogens (tertiary/aromatic N) is 1. The van der Waals surface area contributed by atoms with Gasteiger partial charge in [-0.2, -0.15) is 0 Å². The molecule has 0 N–H and O–H groups in total. The summed E-state index contributed by atoms with van der Waals surface area (Å²) in [5.74, 6) is 0.253. The molecule has 1 aliphatic rings. The van der Waals surface area contributed by atoms with Crippen molar-refractivity contribution in [2.75, 3.05) is 19.7 Å². The smallest absolute Gasteiger partial charge is 0.223 e. The van der Waals surface area contributed by atoms with Crippen LogP contribution in [0.2, 0.25) is 0 Å². The van der Waals surface area contributed by atoms with E-state index in [9.17, 15) is 4.79 Å². The molecule has 0 aliphatic carbocycles. The van der Waals surface area contributed by atoms with Crippen LogP contribution in [0.15, 0.2) is 17.5 Å². The average molecular weight is 239 g/mol. The van der Waals surface area contributed by atoms with Crippen molar-refractivity contribution >= 4 is 17.2 Å². The fourth-order valence-electron chi connectivity index (χ4n) is 1.89. The van der Waals surface area contributed by atoms with E-state index < -0.39 is 0 Å². The van der Waals surface area contributed by atoms with Crippen molar-refractivity contribution in [1.82, 2.24) is 4.90 Å². The van der Waals surface area contributed by atoms with E-state index in [4.69, 9.17) is 4.74 Å². The Bertz CT molecular complexity index is 337. The Morgan fingerprint density at radius 3 is 3.25 bits per heavy atom. The molecule has 1 atom stereocenters. The molecule has 1 fully saturated rings. The first-order valence-corrected chi connectivity index (χ1v) is 6.55. The van der Waals surface area contributed by atoms with Crippen LogP contribution in [0.5, 0.6) is 0 Å². The molecular weight excluding hydrogens is 222 g/mol. The minimum absolute atomic E-state index is 0.180. The van der Waals surface area contributed by atoms with Gasteiger partial charge in [0.2, 0.25) is 5.91 Å². The Labute approximate surface area is 100 Å². The fraction of sp³-hybridized carbons (Fsp3) is 0.583.